The van der Waals surface area contributed by atoms with E-state index in [1.165, 1.54) is 11.1 Å². The molecule has 0 radical (unpaired) electrons. The summed E-state index contributed by atoms with van der Waals surface area (Å²) in [5.41, 5.74) is 4.55. The van der Waals surface area contributed by atoms with Gasteiger partial charge in [0.1, 0.15) is 0 Å². The molecular weight excluding hydrogens is 344 g/mol. The Kier molecular flexibility index (Phi) is 4.34. The minimum Gasteiger partial charge on any atom is -0.280 e. The smallest absolute Gasteiger partial charge is 0.280 e. The van der Waals surface area contributed by atoms with E-state index >= 15 is 0 Å². The molecule has 0 N–H and O–H groups in total. The largest absolute Gasteiger partial charge is 0.300 e. The Morgan fingerprint density at radius 1 is 0.962 bits per heavy atom. The first-order chi connectivity index (χ1) is 12.6. The minimum absolute atomic E-state index is 0.171. The van der Waals surface area contributed by atoms with Gasteiger partial charge in [0, 0.05) is 23.8 Å². The van der Waals surface area contributed by atoms with E-state index in [9.17, 15) is 4.79 Å². The fraction of sp³-hybridized carbons (Fsp3) is 0.150. The van der Waals surface area contributed by atoms with Crippen LogP contribution in [0, 0.1) is 13.8 Å². The monoisotopic (exact) mass is 362 g/mol. The number of thioether (sulfide) groups is 1. The van der Waals surface area contributed by atoms with Gasteiger partial charge in [-0.3, -0.25) is 13.8 Å². The second-order valence-corrected chi connectivity index (χ2v) is 7.13. The lowest BCUT2D eigenvalue weighted by molar-refractivity contribution is 0.892. The number of benzene rings is 2. The highest BCUT2D eigenvalue weighted by molar-refractivity contribution is 7.98. The van der Waals surface area contributed by atoms with Crippen molar-refractivity contribution in [2.45, 2.75) is 24.8 Å². The number of rotatable bonds is 4. The van der Waals surface area contributed by atoms with Crippen molar-refractivity contribution >= 4 is 17.4 Å². The number of fused-ring (bicyclic) bond motifs is 1. The van der Waals surface area contributed by atoms with Gasteiger partial charge in [-0.15, -0.1) is 10.2 Å². The molecule has 2 heterocycles. The van der Waals surface area contributed by atoms with Gasteiger partial charge in [-0.2, -0.15) is 0 Å². The van der Waals surface area contributed by atoms with Crippen molar-refractivity contribution in [1.82, 2.24) is 19.2 Å². The molecule has 26 heavy (non-hydrogen) atoms. The zero-order valence-corrected chi connectivity index (χ0v) is 15.4. The molecule has 0 aliphatic rings. The number of hydrogen-bond acceptors (Lipinski definition) is 4. The lowest BCUT2D eigenvalue weighted by Gasteiger charge is -2.08. The number of hydrogen-bond donors (Lipinski definition) is 0. The highest BCUT2D eigenvalue weighted by Gasteiger charge is 2.12. The summed E-state index contributed by atoms with van der Waals surface area (Å²) in [4.78, 5) is 12.8. The van der Waals surface area contributed by atoms with E-state index in [0.29, 0.717) is 10.8 Å². The molecule has 6 heteroatoms. The van der Waals surface area contributed by atoms with Crippen LogP contribution in [-0.4, -0.2) is 19.2 Å². The molecule has 0 saturated carbocycles. The Hall–Kier alpha value is -2.86. The Morgan fingerprint density at radius 2 is 1.77 bits per heavy atom. The van der Waals surface area contributed by atoms with Crippen molar-refractivity contribution in [3.05, 3.63) is 88.0 Å². The zero-order chi connectivity index (χ0) is 18.1. The third kappa shape index (κ3) is 3.04. The zero-order valence-electron chi connectivity index (χ0n) is 14.6. The van der Waals surface area contributed by atoms with E-state index in [4.69, 9.17) is 0 Å². The predicted octanol–water partition coefficient (Wildman–Crippen LogP) is 3.79. The van der Waals surface area contributed by atoms with E-state index in [2.05, 4.69) is 29.3 Å². The SMILES string of the molecule is Cc1ccc(-n2ccn3c(SCc4ccccc4)nnc3c2=O)cc1C. The van der Waals surface area contributed by atoms with Crippen LogP contribution in [0.3, 0.4) is 0 Å². The van der Waals surface area contributed by atoms with Gasteiger partial charge in [-0.1, -0.05) is 48.2 Å². The molecule has 2 aromatic heterocycles. The summed E-state index contributed by atoms with van der Waals surface area (Å²) in [7, 11) is 0. The molecular formula is C20H18N4OS. The average Bonchev–Trinajstić information content (AvgIpc) is 3.08. The van der Waals surface area contributed by atoms with Crippen molar-refractivity contribution in [1.29, 1.82) is 0 Å². The summed E-state index contributed by atoms with van der Waals surface area (Å²) >= 11 is 1.57. The first-order valence-electron chi connectivity index (χ1n) is 8.34. The molecule has 0 unspecified atom stereocenters. The molecule has 0 atom stereocenters. The highest BCUT2D eigenvalue weighted by atomic mass is 32.2. The fourth-order valence-electron chi connectivity index (χ4n) is 2.77. The van der Waals surface area contributed by atoms with E-state index in [-0.39, 0.29) is 5.56 Å². The van der Waals surface area contributed by atoms with Gasteiger partial charge in [0.05, 0.1) is 0 Å². The molecule has 0 aliphatic heterocycles. The Bertz CT molecular complexity index is 1130. The van der Waals surface area contributed by atoms with Crippen LogP contribution >= 0.6 is 11.8 Å². The van der Waals surface area contributed by atoms with Crippen LogP contribution in [0.1, 0.15) is 16.7 Å². The van der Waals surface area contributed by atoms with Crippen LogP contribution in [0.4, 0.5) is 0 Å². The van der Waals surface area contributed by atoms with Crippen molar-refractivity contribution in [3.8, 4) is 5.69 Å². The summed E-state index contributed by atoms with van der Waals surface area (Å²) < 4.78 is 3.37. The molecule has 0 spiro atoms. The van der Waals surface area contributed by atoms with E-state index in [1.54, 1.807) is 26.9 Å². The molecule has 2 aromatic carbocycles. The first kappa shape index (κ1) is 16.6. The maximum atomic E-state index is 12.8. The van der Waals surface area contributed by atoms with Crippen molar-refractivity contribution in [3.63, 3.8) is 0 Å². The number of nitrogens with zero attached hydrogens (tertiary/aromatic N) is 4. The third-order valence-corrected chi connectivity index (χ3v) is 5.43. The molecule has 0 fully saturated rings. The van der Waals surface area contributed by atoms with E-state index < -0.39 is 0 Å². The molecule has 0 bridgehead atoms. The highest BCUT2D eigenvalue weighted by Crippen LogP contribution is 2.21. The second-order valence-electron chi connectivity index (χ2n) is 6.19. The standard InChI is InChI=1S/C20H18N4OS/c1-14-8-9-17(12-15(14)2)23-10-11-24-18(19(23)25)21-22-20(24)26-13-16-6-4-3-5-7-16/h3-12H,13H2,1-2H3. The lowest BCUT2D eigenvalue weighted by Crippen LogP contribution is -2.20. The third-order valence-electron chi connectivity index (χ3n) is 4.42. The normalized spacial score (nSPS) is 11.2. The Balaban J connectivity index is 1.69. The van der Waals surface area contributed by atoms with E-state index in [0.717, 1.165) is 17.0 Å². The Labute approximate surface area is 155 Å². The Morgan fingerprint density at radius 3 is 2.54 bits per heavy atom. The van der Waals surface area contributed by atoms with Gasteiger partial charge < -0.3 is 0 Å². The van der Waals surface area contributed by atoms with Gasteiger partial charge in [-0.05, 0) is 42.7 Å². The number of aryl methyl sites for hydroxylation is 2. The molecule has 4 aromatic rings. The first-order valence-corrected chi connectivity index (χ1v) is 9.33. The van der Waals surface area contributed by atoms with Gasteiger partial charge in [-0.25, -0.2) is 0 Å². The quantitative estimate of drug-likeness (QED) is 0.518. The van der Waals surface area contributed by atoms with Crippen molar-refractivity contribution in [2.24, 2.45) is 0 Å². The molecule has 0 saturated heterocycles. The van der Waals surface area contributed by atoms with Crippen LogP contribution in [0.25, 0.3) is 11.3 Å². The molecule has 130 valence electrons. The maximum Gasteiger partial charge on any atom is 0.300 e. The summed E-state index contributed by atoms with van der Waals surface area (Å²) in [6.45, 7) is 4.09. The van der Waals surface area contributed by atoms with Crippen molar-refractivity contribution < 1.29 is 0 Å². The summed E-state index contributed by atoms with van der Waals surface area (Å²) in [5, 5.41) is 9.03. The van der Waals surface area contributed by atoms with Gasteiger partial charge in [0.15, 0.2) is 5.16 Å². The van der Waals surface area contributed by atoms with Crippen LogP contribution in [0.2, 0.25) is 0 Å². The van der Waals surface area contributed by atoms with Crippen molar-refractivity contribution in [2.75, 3.05) is 0 Å². The second kappa shape index (κ2) is 6.80. The predicted molar refractivity (Wildman–Crippen MR) is 104 cm³/mol. The average molecular weight is 362 g/mol. The molecule has 0 amide bonds. The molecule has 0 aliphatic carbocycles. The summed E-state index contributed by atoms with van der Waals surface area (Å²) in [6, 6.07) is 16.1. The topological polar surface area (TPSA) is 52.2 Å². The fourth-order valence-corrected chi connectivity index (χ4v) is 3.64. The van der Waals surface area contributed by atoms with Gasteiger partial charge in [0.2, 0.25) is 5.65 Å². The molecule has 4 rings (SSSR count). The van der Waals surface area contributed by atoms with E-state index in [1.807, 2.05) is 49.5 Å². The summed E-state index contributed by atoms with van der Waals surface area (Å²) in [6.07, 6.45) is 3.62. The summed E-state index contributed by atoms with van der Waals surface area (Å²) in [5.74, 6) is 0.780. The van der Waals surface area contributed by atoms with Gasteiger partial charge in [0.25, 0.3) is 0 Å². The minimum atomic E-state index is -0.171. The van der Waals surface area contributed by atoms with Crippen LogP contribution < -0.4 is 5.56 Å². The molecule has 5 nitrogen and oxygen atoms in total. The van der Waals surface area contributed by atoms with Crippen LogP contribution in [0.5, 0.6) is 0 Å². The maximum absolute atomic E-state index is 12.8. The van der Waals surface area contributed by atoms with Crippen LogP contribution in [0.15, 0.2) is 70.9 Å². The van der Waals surface area contributed by atoms with Gasteiger partial charge >= 0.3 is 5.56 Å². The number of aromatic nitrogens is 4. The lowest BCUT2D eigenvalue weighted by atomic mass is 10.1. The van der Waals surface area contributed by atoms with Crippen LogP contribution in [-0.2, 0) is 5.75 Å².